The molecule has 1 saturated carbocycles. The van der Waals surface area contributed by atoms with E-state index in [0.717, 1.165) is 18.4 Å². The summed E-state index contributed by atoms with van der Waals surface area (Å²) in [7, 11) is 0. The zero-order valence-corrected chi connectivity index (χ0v) is 8.93. The molecule has 2 rings (SSSR count). The first-order chi connectivity index (χ1) is 7.56. The second kappa shape index (κ2) is 3.71. The molecule has 0 atom stereocenters. The minimum Gasteiger partial charge on any atom is -0.394 e. The van der Waals surface area contributed by atoms with Crippen molar-refractivity contribution >= 4 is 11.5 Å². The van der Waals surface area contributed by atoms with Crippen LogP contribution in [-0.4, -0.2) is 27.2 Å². The van der Waals surface area contributed by atoms with Gasteiger partial charge in [0.15, 0.2) is 0 Å². The Labute approximate surface area is 92.5 Å². The van der Waals surface area contributed by atoms with E-state index in [1.165, 1.54) is 6.07 Å². The van der Waals surface area contributed by atoms with E-state index in [4.69, 9.17) is 5.11 Å². The van der Waals surface area contributed by atoms with E-state index in [0.29, 0.717) is 0 Å². The largest absolute Gasteiger partial charge is 0.394 e. The molecular formula is C10H13N3O3. The lowest BCUT2D eigenvalue weighted by Gasteiger charge is -2.14. The number of aromatic nitrogens is 1. The monoisotopic (exact) mass is 223 g/mol. The van der Waals surface area contributed by atoms with Gasteiger partial charge in [-0.3, -0.25) is 10.1 Å². The van der Waals surface area contributed by atoms with E-state index in [-0.39, 0.29) is 18.1 Å². The van der Waals surface area contributed by atoms with Crippen LogP contribution in [0.2, 0.25) is 0 Å². The summed E-state index contributed by atoms with van der Waals surface area (Å²) in [6.07, 6.45) is 3.20. The number of hydrogen-bond donors (Lipinski definition) is 2. The average Bonchev–Trinajstić information content (AvgIpc) is 3.01. The highest BCUT2D eigenvalue weighted by atomic mass is 16.6. The van der Waals surface area contributed by atoms with Crippen LogP contribution >= 0.6 is 0 Å². The summed E-state index contributed by atoms with van der Waals surface area (Å²) in [6, 6.07) is 1.47. The predicted molar refractivity (Wildman–Crippen MR) is 58.3 cm³/mol. The topological polar surface area (TPSA) is 88.3 Å². The molecule has 6 nitrogen and oxygen atoms in total. The predicted octanol–water partition coefficient (Wildman–Crippen LogP) is 1.24. The van der Waals surface area contributed by atoms with Gasteiger partial charge in [0, 0.05) is 12.3 Å². The van der Waals surface area contributed by atoms with E-state index >= 15 is 0 Å². The molecule has 1 aliphatic rings. The van der Waals surface area contributed by atoms with Crippen molar-refractivity contribution in [3.8, 4) is 0 Å². The van der Waals surface area contributed by atoms with E-state index in [1.807, 2.05) is 0 Å². The van der Waals surface area contributed by atoms with Crippen molar-refractivity contribution in [1.82, 2.24) is 4.98 Å². The van der Waals surface area contributed by atoms with Gasteiger partial charge in [0.25, 0.3) is 0 Å². The van der Waals surface area contributed by atoms with Gasteiger partial charge in [-0.1, -0.05) is 0 Å². The number of pyridine rings is 1. The number of anilines is 1. The first kappa shape index (κ1) is 10.8. The minimum atomic E-state index is -0.463. The highest BCUT2D eigenvalue weighted by molar-refractivity contribution is 5.58. The van der Waals surface area contributed by atoms with Crippen molar-refractivity contribution in [2.75, 3.05) is 11.9 Å². The van der Waals surface area contributed by atoms with Gasteiger partial charge < -0.3 is 10.4 Å². The fourth-order valence-corrected chi connectivity index (χ4v) is 1.51. The zero-order valence-electron chi connectivity index (χ0n) is 8.93. The van der Waals surface area contributed by atoms with E-state index in [9.17, 15) is 10.1 Å². The van der Waals surface area contributed by atoms with Crippen LogP contribution in [0, 0.1) is 17.0 Å². The molecule has 1 aliphatic carbocycles. The highest BCUT2D eigenvalue weighted by Crippen LogP contribution is 2.39. The van der Waals surface area contributed by atoms with Crippen molar-refractivity contribution in [1.29, 1.82) is 0 Å². The normalized spacial score (nSPS) is 16.9. The number of aryl methyl sites for hydroxylation is 1. The summed E-state index contributed by atoms with van der Waals surface area (Å²) >= 11 is 0. The van der Waals surface area contributed by atoms with Crippen molar-refractivity contribution in [3.63, 3.8) is 0 Å². The molecule has 1 heterocycles. The van der Waals surface area contributed by atoms with Gasteiger partial charge >= 0.3 is 5.69 Å². The molecule has 6 heteroatoms. The number of aliphatic hydroxyl groups excluding tert-OH is 1. The molecule has 1 aromatic heterocycles. The zero-order chi connectivity index (χ0) is 11.8. The van der Waals surface area contributed by atoms with Crippen LogP contribution in [0.4, 0.5) is 11.5 Å². The summed E-state index contributed by atoms with van der Waals surface area (Å²) < 4.78 is 0. The Bertz CT molecular complexity index is 429. The van der Waals surface area contributed by atoms with E-state index < -0.39 is 10.5 Å². The number of rotatable bonds is 4. The first-order valence-corrected chi connectivity index (χ1v) is 5.06. The van der Waals surface area contributed by atoms with Crippen LogP contribution in [0.25, 0.3) is 0 Å². The van der Waals surface area contributed by atoms with Crippen LogP contribution in [0.3, 0.4) is 0 Å². The summed E-state index contributed by atoms with van der Waals surface area (Å²) in [4.78, 5) is 14.4. The Kier molecular flexibility index (Phi) is 2.51. The number of aliphatic hydroxyl groups is 1. The molecule has 0 radical (unpaired) electrons. The molecule has 0 aromatic carbocycles. The van der Waals surface area contributed by atoms with Gasteiger partial charge in [-0.2, -0.15) is 0 Å². The third-order valence-electron chi connectivity index (χ3n) is 2.74. The van der Waals surface area contributed by atoms with Crippen LogP contribution in [0.1, 0.15) is 18.4 Å². The maximum Gasteiger partial charge on any atom is 0.311 e. The molecular weight excluding hydrogens is 210 g/mol. The summed E-state index contributed by atoms with van der Waals surface area (Å²) in [5.74, 6) is 0.238. The Morgan fingerprint density at radius 1 is 1.69 bits per heavy atom. The Morgan fingerprint density at radius 3 is 2.88 bits per heavy atom. The third-order valence-corrected chi connectivity index (χ3v) is 2.74. The van der Waals surface area contributed by atoms with Gasteiger partial charge in [0.1, 0.15) is 0 Å². The smallest absolute Gasteiger partial charge is 0.311 e. The lowest BCUT2D eigenvalue weighted by atomic mass is 10.2. The molecule has 1 fully saturated rings. The number of hydrogen-bond acceptors (Lipinski definition) is 5. The summed E-state index contributed by atoms with van der Waals surface area (Å²) in [5.41, 5.74) is 0.304. The number of nitro groups is 1. The maximum atomic E-state index is 10.8. The van der Waals surface area contributed by atoms with Crippen LogP contribution in [0.5, 0.6) is 0 Å². The molecule has 2 N–H and O–H groups in total. The molecule has 0 aliphatic heterocycles. The van der Waals surface area contributed by atoms with Crippen LogP contribution in [-0.2, 0) is 0 Å². The Hall–Kier alpha value is -1.69. The second-order valence-corrected chi connectivity index (χ2v) is 4.20. The fourth-order valence-electron chi connectivity index (χ4n) is 1.51. The maximum absolute atomic E-state index is 10.8. The van der Waals surface area contributed by atoms with Crippen molar-refractivity contribution in [2.45, 2.75) is 25.3 Å². The van der Waals surface area contributed by atoms with Gasteiger partial charge in [-0.15, -0.1) is 0 Å². The molecule has 86 valence electrons. The van der Waals surface area contributed by atoms with Gasteiger partial charge in [-0.05, 0) is 25.3 Å². The third kappa shape index (κ3) is 1.96. The molecule has 0 bridgehead atoms. The van der Waals surface area contributed by atoms with Gasteiger partial charge in [0.2, 0.25) is 5.82 Å². The molecule has 1 aromatic rings. The highest BCUT2D eigenvalue weighted by Gasteiger charge is 2.43. The van der Waals surface area contributed by atoms with Crippen molar-refractivity contribution in [2.24, 2.45) is 0 Å². The average molecular weight is 223 g/mol. The van der Waals surface area contributed by atoms with Gasteiger partial charge in [-0.25, -0.2) is 4.98 Å². The fraction of sp³-hybridized carbons (Fsp3) is 0.500. The Balaban J connectivity index is 2.29. The summed E-state index contributed by atoms with van der Waals surface area (Å²) in [5, 5.41) is 22.9. The number of nitrogens with one attached hydrogen (secondary N) is 1. The molecule has 0 unspecified atom stereocenters. The SMILES string of the molecule is Cc1cnc(NC2(CO)CC2)c([N+](=O)[O-])c1. The molecule has 0 saturated heterocycles. The van der Waals surface area contributed by atoms with Crippen LogP contribution < -0.4 is 5.32 Å². The first-order valence-electron chi connectivity index (χ1n) is 5.06. The van der Waals surface area contributed by atoms with Crippen LogP contribution in [0.15, 0.2) is 12.3 Å². The molecule has 0 amide bonds. The number of nitrogens with zero attached hydrogens (tertiary/aromatic N) is 2. The standard InChI is InChI=1S/C10H13N3O3/c1-7-4-8(13(15)16)9(11-5-7)12-10(6-14)2-3-10/h4-5,14H,2-3,6H2,1H3,(H,11,12). The minimum absolute atomic E-state index is 0.0281. The molecule has 0 spiro atoms. The lowest BCUT2D eigenvalue weighted by Crippen LogP contribution is -2.26. The second-order valence-electron chi connectivity index (χ2n) is 4.20. The van der Waals surface area contributed by atoms with E-state index in [2.05, 4.69) is 10.3 Å². The van der Waals surface area contributed by atoms with Crippen molar-refractivity contribution in [3.05, 3.63) is 27.9 Å². The quantitative estimate of drug-likeness (QED) is 0.592. The van der Waals surface area contributed by atoms with Crippen molar-refractivity contribution < 1.29 is 10.0 Å². The molecule has 16 heavy (non-hydrogen) atoms. The van der Waals surface area contributed by atoms with Gasteiger partial charge in [0.05, 0.1) is 17.1 Å². The summed E-state index contributed by atoms with van der Waals surface area (Å²) in [6.45, 7) is 1.72. The lowest BCUT2D eigenvalue weighted by molar-refractivity contribution is -0.384. The Morgan fingerprint density at radius 2 is 2.38 bits per heavy atom. The van der Waals surface area contributed by atoms with E-state index in [1.54, 1.807) is 13.1 Å².